The molecule has 0 spiro atoms. The second-order valence-electron chi connectivity index (χ2n) is 5.31. The van der Waals surface area contributed by atoms with Crippen LogP contribution in [0.4, 0.5) is 0 Å². The molecule has 0 aromatic carbocycles. The van der Waals surface area contributed by atoms with Crippen molar-refractivity contribution in [3.8, 4) is 0 Å². The van der Waals surface area contributed by atoms with Crippen LogP contribution in [0.15, 0.2) is 24.5 Å². The number of rotatable bonds is 8. The quantitative estimate of drug-likeness (QED) is 0.657. The van der Waals surface area contributed by atoms with Gasteiger partial charge in [-0.05, 0) is 25.0 Å². The SMILES string of the molecule is CCCC(C)(N)C(=O)NCCC(=O)NCc1cccnc1. The topological polar surface area (TPSA) is 97.1 Å². The highest BCUT2D eigenvalue weighted by atomic mass is 16.2. The van der Waals surface area contributed by atoms with Gasteiger partial charge in [0.15, 0.2) is 0 Å². The first-order valence-electron chi connectivity index (χ1n) is 7.18. The maximum Gasteiger partial charge on any atom is 0.239 e. The van der Waals surface area contributed by atoms with Crippen LogP contribution < -0.4 is 16.4 Å². The van der Waals surface area contributed by atoms with Crippen molar-refractivity contribution in [3.05, 3.63) is 30.1 Å². The third kappa shape index (κ3) is 6.35. The number of amides is 2. The van der Waals surface area contributed by atoms with Gasteiger partial charge in [0.2, 0.25) is 11.8 Å². The predicted molar refractivity (Wildman–Crippen MR) is 81.2 cm³/mol. The van der Waals surface area contributed by atoms with Crippen LogP contribution in [0.25, 0.3) is 0 Å². The largest absolute Gasteiger partial charge is 0.354 e. The summed E-state index contributed by atoms with van der Waals surface area (Å²) in [5, 5.41) is 5.47. The van der Waals surface area contributed by atoms with Crippen LogP contribution in [0, 0.1) is 0 Å². The third-order valence-electron chi connectivity index (χ3n) is 3.14. The molecule has 1 aromatic heterocycles. The first-order chi connectivity index (χ1) is 9.95. The molecule has 4 N–H and O–H groups in total. The fraction of sp³-hybridized carbons (Fsp3) is 0.533. The minimum Gasteiger partial charge on any atom is -0.354 e. The highest BCUT2D eigenvalue weighted by molar-refractivity contribution is 5.86. The number of nitrogens with zero attached hydrogens (tertiary/aromatic N) is 1. The molecule has 0 radical (unpaired) electrons. The van der Waals surface area contributed by atoms with Crippen LogP contribution in [-0.4, -0.2) is 28.9 Å². The highest BCUT2D eigenvalue weighted by Gasteiger charge is 2.26. The molecule has 6 nitrogen and oxygen atoms in total. The van der Waals surface area contributed by atoms with E-state index in [1.807, 2.05) is 19.1 Å². The fourth-order valence-corrected chi connectivity index (χ4v) is 1.92. The van der Waals surface area contributed by atoms with Crippen LogP contribution in [0.3, 0.4) is 0 Å². The molecule has 1 rings (SSSR count). The number of carbonyl (C=O) groups excluding carboxylic acids is 2. The molecule has 1 heterocycles. The summed E-state index contributed by atoms with van der Waals surface area (Å²) in [5.41, 5.74) is 5.97. The molecule has 0 bridgehead atoms. The molecule has 21 heavy (non-hydrogen) atoms. The summed E-state index contributed by atoms with van der Waals surface area (Å²) in [4.78, 5) is 27.5. The molecular formula is C15H24N4O2. The van der Waals surface area contributed by atoms with Crippen molar-refractivity contribution in [1.29, 1.82) is 0 Å². The van der Waals surface area contributed by atoms with Gasteiger partial charge in [-0.2, -0.15) is 0 Å². The summed E-state index contributed by atoms with van der Waals surface area (Å²) in [6, 6.07) is 3.71. The van der Waals surface area contributed by atoms with Gasteiger partial charge in [0, 0.05) is 31.9 Å². The second-order valence-corrected chi connectivity index (χ2v) is 5.31. The summed E-state index contributed by atoms with van der Waals surface area (Å²) in [7, 11) is 0. The highest BCUT2D eigenvalue weighted by Crippen LogP contribution is 2.08. The number of carbonyl (C=O) groups is 2. The Hall–Kier alpha value is -1.95. The molecule has 6 heteroatoms. The Morgan fingerprint density at radius 1 is 1.38 bits per heavy atom. The Balaban J connectivity index is 2.23. The Morgan fingerprint density at radius 3 is 2.76 bits per heavy atom. The average molecular weight is 292 g/mol. The number of hydrogen-bond donors (Lipinski definition) is 3. The Kier molecular flexibility index (Phi) is 6.81. The fourth-order valence-electron chi connectivity index (χ4n) is 1.92. The van der Waals surface area contributed by atoms with Crippen molar-refractivity contribution in [2.45, 2.75) is 45.2 Å². The third-order valence-corrected chi connectivity index (χ3v) is 3.14. The Morgan fingerprint density at radius 2 is 2.14 bits per heavy atom. The number of nitrogens with one attached hydrogen (secondary N) is 2. The minimum atomic E-state index is -0.874. The first kappa shape index (κ1) is 17.1. The summed E-state index contributed by atoms with van der Waals surface area (Å²) in [6.45, 7) is 4.40. The van der Waals surface area contributed by atoms with Gasteiger partial charge >= 0.3 is 0 Å². The van der Waals surface area contributed by atoms with E-state index in [-0.39, 0.29) is 24.8 Å². The summed E-state index contributed by atoms with van der Waals surface area (Å²) < 4.78 is 0. The van der Waals surface area contributed by atoms with E-state index in [9.17, 15) is 9.59 Å². The predicted octanol–water partition coefficient (Wildman–Crippen LogP) is 0.722. The summed E-state index contributed by atoms with van der Waals surface area (Å²) >= 11 is 0. The minimum absolute atomic E-state index is 0.117. The zero-order chi connectivity index (χ0) is 15.7. The van der Waals surface area contributed by atoms with E-state index in [1.165, 1.54) is 0 Å². The van der Waals surface area contributed by atoms with Crippen LogP contribution in [0.1, 0.15) is 38.7 Å². The summed E-state index contributed by atoms with van der Waals surface area (Å²) in [5.74, 6) is -0.335. The normalized spacial score (nSPS) is 13.3. The van der Waals surface area contributed by atoms with Crippen LogP contribution in [0.2, 0.25) is 0 Å². The standard InChI is InChI=1S/C15H24N4O2/c1-3-7-15(2,16)14(21)18-9-6-13(20)19-11-12-5-4-8-17-10-12/h4-5,8,10H,3,6-7,9,11,16H2,1-2H3,(H,18,21)(H,19,20). The molecule has 0 aliphatic carbocycles. The van der Waals surface area contributed by atoms with Gasteiger partial charge in [-0.1, -0.05) is 19.4 Å². The maximum atomic E-state index is 11.8. The number of nitrogens with two attached hydrogens (primary N) is 1. The lowest BCUT2D eigenvalue weighted by Gasteiger charge is -2.22. The van der Waals surface area contributed by atoms with Gasteiger partial charge in [-0.25, -0.2) is 0 Å². The van der Waals surface area contributed by atoms with Gasteiger partial charge in [0.05, 0.1) is 5.54 Å². The Bertz CT molecular complexity index is 460. The van der Waals surface area contributed by atoms with E-state index in [1.54, 1.807) is 19.3 Å². The van der Waals surface area contributed by atoms with Crippen molar-refractivity contribution in [2.75, 3.05) is 6.54 Å². The molecule has 0 aliphatic rings. The number of hydrogen-bond acceptors (Lipinski definition) is 4. The van der Waals surface area contributed by atoms with Gasteiger partial charge < -0.3 is 16.4 Å². The van der Waals surface area contributed by atoms with Crippen molar-refractivity contribution in [1.82, 2.24) is 15.6 Å². The maximum absolute atomic E-state index is 11.8. The van der Waals surface area contributed by atoms with Crippen LogP contribution in [0.5, 0.6) is 0 Å². The zero-order valence-corrected chi connectivity index (χ0v) is 12.7. The molecule has 2 amide bonds. The van der Waals surface area contributed by atoms with E-state index in [0.717, 1.165) is 12.0 Å². The number of aromatic nitrogens is 1. The van der Waals surface area contributed by atoms with Crippen molar-refractivity contribution < 1.29 is 9.59 Å². The van der Waals surface area contributed by atoms with Gasteiger partial charge in [-0.3, -0.25) is 14.6 Å². The van der Waals surface area contributed by atoms with Crippen LogP contribution in [-0.2, 0) is 16.1 Å². The van der Waals surface area contributed by atoms with Gasteiger partial charge in [-0.15, -0.1) is 0 Å². The number of pyridine rings is 1. The molecular weight excluding hydrogens is 268 g/mol. The van der Waals surface area contributed by atoms with Crippen LogP contribution >= 0.6 is 0 Å². The van der Waals surface area contributed by atoms with Crippen molar-refractivity contribution in [3.63, 3.8) is 0 Å². The van der Waals surface area contributed by atoms with Crippen molar-refractivity contribution in [2.24, 2.45) is 5.73 Å². The van der Waals surface area contributed by atoms with Crippen molar-refractivity contribution >= 4 is 11.8 Å². The molecule has 1 unspecified atom stereocenters. The first-order valence-corrected chi connectivity index (χ1v) is 7.18. The molecule has 1 atom stereocenters. The molecule has 0 fully saturated rings. The van der Waals surface area contributed by atoms with E-state index < -0.39 is 5.54 Å². The smallest absolute Gasteiger partial charge is 0.239 e. The molecule has 0 saturated carbocycles. The van der Waals surface area contributed by atoms with E-state index in [2.05, 4.69) is 15.6 Å². The molecule has 116 valence electrons. The molecule has 1 aromatic rings. The zero-order valence-electron chi connectivity index (χ0n) is 12.7. The lowest BCUT2D eigenvalue weighted by Crippen LogP contribution is -2.52. The summed E-state index contributed by atoms with van der Waals surface area (Å²) in [6.07, 6.45) is 5.07. The van der Waals surface area contributed by atoms with E-state index in [4.69, 9.17) is 5.73 Å². The van der Waals surface area contributed by atoms with E-state index >= 15 is 0 Å². The van der Waals surface area contributed by atoms with Gasteiger partial charge in [0.1, 0.15) is 0 Å². The Labute approximate surface area is 125 Å². The van der Waals surface area contributed by atoms with E-state index in [0.29, 0.717) is 13.0 Å². The lowest BCUT2D eigenvalue weighted by atomic mass is 9.96. The lowest BCUT2D eigenvalue weighted by molar-refractivity contribution is -0.126. The monoisotopic (exact) mass is 292 g/mol. The molecule has 0 saturated heterocycles. The molecule has 0 aliphatic heterocycles. The average Bonchev–Trinajstić information content (AvgIpc) is 2.46. The second kappa shape index (κ2) is 8.36. The van der Waals surface area contributed by atoms with Gasteiger partial charge in [0.25, 0.3) is 0 Å².